The number of aromatic nitrogens is 1. The minimum absolute atomic E-state index is 0.0194. The second kappa shape index (κ2) is 9.23. The van der Waals surface area contributed by atoms with Crippen molar-refractivity contribution in [1.82, 2.24) is 15.2 Å². The van der Waals surface area contributed by atoms with Gasteiger partial charge in [0, 0.05) is 31.6 Å². The largest absolute Gasteiger partial charge is 0.373 e. The summed E-state index contributed by atoms with van der Waals surface area (Å²) in [5.74, 6) is -0.156. The summed E-state index contributed by atoms with van der Waals surface area (Å²) in [6.07, 6.45) is 0.790. The van der Waals surface area contributed by atoms with E-state index in [1.807, 2.05) is 6.07 Å². The number of amides is 1. The number of nitrogens with zero attached hydrogens (tertiary/aromatic N) is 2. The summed E-state index contributed by atoms with van der Waals surface area (Å²) in [7, 11) is 0. The number of thiazole rings is 1. The van der Waals surface area contributed by atoms with Crippen molar-refractivity contribution < 1.29 is 9.53 Å². The van der Waals surface area contributed by atoms with Crippen molar-refractivity contribution in [2.24, 2.45) is 5.73 Å². The Hall–Kier alpha value is -1.80. The highest BCUT2D eigenvalue weighted by Gasteiger charge is 2.29. The monoisotopic (exact) mass is 374 g/mol. The molecular formula is C19H26N4O2S. The van der Waals surface area contributed by atoms with E-state index in [9.17, 15) is 4.79 Å². The van der Waals surface area contributed by atoms with Gasteiger partial charge in [0.15, 0.2) is 0 Å². The molecule has 7 heteroatoms. The maximum atomic E-state index is 12.5. The number of nitrogens with two attached hydrogens (primary N) is 1. The summed E-state index contributed by atoms with van der Waals surface area (Å²) >= 11 is 1.41. The van der Waals surface area contributed by atoms with Gasteiger partial charge < -0.3 is 15.8 Å². The van der Waals surface area contributed by atoms with E-state index in [4.69, 9.17) is 10.5 Å². The SMILES string of the molecule is CCC(NC(=O)c1csc(CN)n1)C1CN(Cc2ccccc2)CCO1. The third-order valence-corrected chi connectivity index (χ3v) is 5.46. The number of carbonyl (C=O) groups excluding carboxylic acids is 1. The second-order valence-corrected chi connectivity index (χ2v) is 7.39. The van der Waals surface area contributed by atoms with Gasteiger partial charge in [-0.3, -0.25) is 9.69 Å². The van der Waals surface area contributed by atoms with Gasteiger partial charge >= 0.3 is 0 Å². The van der Waals surface area contributed by atoms with E-state index in [0.29, 0.717) is 18.8 Å². The molecule has 0 spiro atoms. The number of hydrogen-bond acceptors (Lipinski definition) is 6. The van der Waals surface area contributed by atoms with Crippen LogP contribution in [0.25, 0.3) is 0 Å². The summed E-state index contributed by atoms with van der Waals surface area (Å²) in [4.78, 5) is 19.1. The Balaban J connectivity index is 1.59. The fourth-order valence-corrected chi connectivity index (χ4v) is 3.82. The molecule has 3 rings (SSSR count). The van der Waals surface area contributed by atoms with E-state index < -0.39 is 0 Å². The van der Waals surface area contributed by atoms with Crippen LogP contribution in [0.1, 0.15) is 34.4 Å². The highest BCUT2D eigenvalue weighted by Crippen LogP contribution is 2.16. The highest BCUT2D eigenvalue weighted by molar-refractivity contribution is 7.09. The molecule has 0 bridgehead atoms. The van der Waals surface area contributed by atoms with Crippen LogP contribution in [0.2, 0.25) is 0 Å². The second-order valence-electron chi connectivity index (χ2n) is 6.45. The molecule has 26 heavy (non-hydrogen) atoms. The van der Waals surface area contributed by atoms with Gasteiger partial charge in [-0.2, -0.15) is 0 Å². The van der Waals surface area contributed by atoms with Crippen LogP contribution in [0.4, 0.5) is 0 Å². The summed E-state index contributed by atoms with van der Waals surface area (Å²) in [6, 6.07) is 10.4. The molecule has 6 nitrogen and oxygen atoms in total. The van der Waals surface area contributed by atoms with Crippen molar-refractivity contribution in [2.75, 3.05) is 19.7 Å². The average molecular weight is 375 g/mol. The fraction of sp³-hybridized carbons (Fsp3) is 0.474. The Morgan fingerprint density at radius 2 is 2.27 bits per heavy atom. The maximum Gasteiger partial charge on any atom is 0.271 e. The number of rotatable bonds is 7. The Kier molecular flexibility index (Phi) is 6.73. The van der Waals surface area contributed by atoms with Crippen LogP contribution in [0.15, 0.2) is 35.7 Å². The molecule has 2 unspecified atom stereocenters. The van der Waals surface area contributed by atoms with Gasteiger partial charge in [-0.05, 0) is 12.0 Å². The molecule has 140 valence electrons. The van der Waals surface area contributed by atoms with Crippen molar-refractivity contribution in [1.29, 1.82) is 0 Å². The summed E-state index contributed by atoms with van der Waals surface area (Å²) in [5, 5.41) is 5.61. The molecule has 0 aliphatic carbocycles. The fourth-order valence-electron chi connectivity index (χ4n) is 3.17. The van der Waals surface area contributed by atoms with Crippen LogP contribution in [0.3, 0.4) is 0 Å². The van der Waals surface area contributed by atoms with Gasteiger partial charge in [0.05, 0.1) is 18.8 Å². The summed E-state index contributed by atoms with van der Waals surface area (Å²) in [6.45, 7) is 5.71. The standard InChI is InChI=1S/C19H26N4O2S/c1-2-15(22-19(24)16-13-26-18(10-20)21-16)17-12-23(8-9-25-17)11-14-6-4-3-5-7-14/h3-7,13,15,17H,2,8-12,20H2,1H3,(H,22,24). The van der Waals surface area contributed by atoms with Gasteiger partial charge in [-0.1, -0.05) is 37.3 Å². The average Bonchev–Trinajstić information content (AvgIpc) is 3.16. The zero-order valence-electron chi connectivity index (χ0n) is 15.1. The molecule has 1 saturated heterocycles. The van der Waals surface area contributed by atoms with Gasteiger partial charge in [0.1, 0.15) is 10.7 Å². The van der Waals surface area contributed by atoms with Crippen molar-refractivity contribution in [3.05, 3.63) is 52.0 Å². The zero-order valence-corrected chi connectivity index (χ0v) is 15.9. The van der Waals surface area contributed by atoms with E-state index in [-0.39, 0.29) is 18.1 Å². The minimum atomic E-state index is -0.156. The summed E-state index contributed by atoms with van der Waals surface area (Å²) < 4.78 is 5.97. The lowest BCUT2D eigenvalue weighted by Crippen LogP contribution is -2.53. The number of hydrogen-bond donors (Lipinski definition) is 2. The molecule has 0 saturated carbocycles. The lowest BCUT2D eigenvalue weighted by atomic mass is 10.1. The highest BCUT2D eigenvalue weighted by atomic mass is 32.1. The molecule has 2 atom stereocenters. The van der Waals surface area contributed by atoms with Crippen LogP contribution in [-0.4, -0.2) is 47.6 Å². The Bertz CT molecular complexity index is 707. The molecular weight excluding hydrogens is 348 g/mol. The van der Waals surface area contributed by atoms with E-state index in [2.05, 4.69) is 46.4 Å². The normalized spacial score (nSPS) is 19.2. The lowest BCUT2D eigenvalue weighted by Gasteiger charge is -2.37. The van der Waals surface area contributed by atoms with Crippen molar-refractivity contribution in [2.45, 2.75) is 38.6 Å². The predicted molar refractivity (Wildman–Crippen MR) is 103 cm³/mol. The smallest absolute Gasteiger partial charge is 0.271 e. The number of carbonyl (C=O) groups is 1. The number of morpholine rings is 1. The van der Waals surface area contributed by atoms with Crippen molar-refractivity contribution in [3.63, 3.8) is 0 Å². The topological polar surface area (TPSA) is 80.5 Å². The first-order valence-corrected chi connectivity index (χ1v) is 9.90. The Morgan fingerprint density at radius 3 is 2.96 bits per heavy atom. The molecule has 2 heterocycles. The molecule has 1 aromatic heterocycles. The molecule has 1 aromatic carbocycles. The van der Waals surface area contributed by atoms with Crippen molar-refractivity contribution in [3.8, 4) is 0 Å². The number of ether oxygens (including phenoxy) is 1. The third-order valence-electron chi connectivity index (χ3n) is 4.59. The van der Waals surface area contributed by atoms with E-state index in [0.717, 1.165) is 31.1 Å². The quantitative estimate of drug-likeness (QED) is 0.775. The minimum Gasteiger partial charge on any atom is -0.373 e. The van der Waals surface area contributed by atoms with Gasteiger partial charge in [0.25, 0.3) is 5.91 Å². The van der Waals surface area contributed by atoms with Crippen LogP contribution in [0.5, 0.6) is 0 Å². The van der Waals surface area contributed by atoms with Gasteiger partial charge in [0.2, 0.25) is 0 Å². The van der Waals surface area contributed by atoms with E-state index in [1.165, 1.54) is 16.9 Å². The molecule has 0 radical (unpaired) electrons. The first-order chi connectivity index (χ1) is 12.7. The zero-order chi connectivity index (χ0) is 18.4. The lowest BCUT2D eigenvalue weighted by molar-refractivity contribution is -0.0483. The maximum absolute atomic E-state index is 12.5. The van der Waals surface area contributed by atoms with Crippen molar-refractivity contribution >= 4 is 17.2 Å². The molecule has 2 aromatic rings. The number of nitrogens with one attached hydrogen (secondary N) is 1. The third kappa shape index (κ3) is 4.88. The summed E-state index contributed by atoms with van der Waals surface area (Å²) in [5.41, 5.74) is 7.31. The van der Waals surface area contributed by atoms with E-state index in [1.54, 1.807) is 5.38 Å². The van der Waals surface area contributed by atoms with Gasteiger partial charge in [-0.25, -0.2) is 4.98 Å². The van der Waals surface area contributed by atoms with Crippen LogP contribution in [0, 0.1) is 0 Å². The molecule has 1 aliphatic rings. The molecule has 1 fully saturated rings. The predicted octanol–water partition coefficient (Wildman–Crippen LogP) is 2.01. The van der Waals surface area contributed by atoms with Crippen LogP contribution < -0.4 is 11.1 Å². The molecule has 1 amide bonds. The first kappa shape index (κ1) is 19.0. The molecule has 3 N–H and O–H groups in total. The van der Waals surface area contributed by atoms with Crippen LogP contribution in [-0.2, 0) is 17.8 Å². The first-order valence-electron chi connectivity index (χ1n) is 9.02. The van der Waals surface area contributed by atoms with E-state index >= 15 is 0 Å². The Labute approximate surface area is 158 Å². The van der Waals surface area contributed by atoms with Gasteiger partial charge in [-0.15, -0.1) is 11.3 Å². The Morgan fingerprint density at radius 1 is 1.46 bits per heavy atom. The molecule has 1 aliphatic heterocycles. The van der Waals surface area contributed by atoms with Crippen LogP contribution >= 0.6 is 11.3 Å². The number of benzene rings is 1.